The van der Waals surface area contributed by atoms with Crippen molar-refractivity contribution in [3.8, 4) is 5.75 Å². The second-order valence-corrected chi connectivity index (χ2v) is 8.45. The summed E-state index contributed by atoms with van der Waals surface area (Å²) in [4.78, 5) is 17.7. The zero-order chi connectivity index (χ0) is 22.0. The first kappa shape index (κ1) is 21.1. The van der Waals surface area contributed by atoms with Gasteiger partial charge in [-0.05, 0) is 66.4 Å². The number of para-hydroxylation sites is 2. The molecular formula is C26H25ClN2O2. The van der Waals surface area contributed by atoms with Gasteiger partial charge in [0.25, 0.3) is 0 Å². The Kier molecular flexibility index (Phi) is 6.10. The highest BCUT2D eigenvalue weighted by Crippen LogP contribution is 2.28. The fourth-order valence-electron chi connectivity index (χ4n) is 3.67. The minimum atomic E-state index is -0.000468. The molecule has 5 heteroatoms. The summed E-state index contributed by atoms with van der Waals surface area (Å²) in [5.41, 5.74) is 4.68. The lowest BCUT2D eigenvalue weighted by molar-refractivity contribution is 0.0971. The molecule has 0 unspecified atom stereocenters. The van der Waals surface area contributed by atoms with Crippen molar-refractivity contribution in [3.05, 3.63) is 94.3 Å². The Bertz CT molecular complexity index is 1230. The first-order valence-electron chi connectivity index (χ1n) is 10.4. The van der Waals surface area contributed by atoms with E-state index >= 15 is 0 Å². The van der Waals surface area contributed by atoms with E-state index in [-0.39, 0.29) is 18.9 Å². The van der Waals surface area contributed by atoms with Crippen molar-refractivity contribution in [1.82, 2.24) is 9.55 Å². The molecule has 0 bridgehead atoms. The summed E-state index contributed by atoms with van der Waals surface area (Å²) < 4.78 is 8.17. The summed E-state index contributed by atoms with van der Waals surface area (Å²) in [5.74, 6) is 1.93. The van der Waals surface area contributed by atoms with E-state index in [1.807, 2.05) is 28.8 Å². The van der Waals surface area contributed by atoms with Crippen LogP contribution in [0.5, 0.6) is 5.75 Å². The second kappa shape index (κ2) is 8.94. The largest absolute Gasteiger partial charge is 0.485 e. The maximum atomic E-state index is 12.9. The molecule has 0 aliphatic carbocycles. The third-order valence-electron chi connectivity index (χ3n) is 5.35. The number of benzene rings is 3. The number of imidazole rings is 1. The van der Waals surface area contributed by atoms with Gasteiger partial charge >= 0.3 is 0 Å². The Labute approximate surface area is 187 Å². The highest BCUT2D eigenvalue weighted by molar-refractivity contribution is 6.30. The van der Waals surface area contributed by atoms with E-state index in [0.717, 1.165) is 33.7 Å². The number of nitrogens with zero attached hydrogens (tertiary/aromatic N) is 2. The molecule has 0 radical (unpaired) electrons. The van der Waals surface area contributed by atoms with Gasteiger partial charge in [-0.3, -0.25) is 4.79 Å². The third kappa shape index (κ3) is 4.64. The molecule has 158 valence electrons. The number of hydrogen-bond acceptors (Lipinski definition) is 3. The monoisotopic (exact) mass is 432 g/mol. The lowest BCUT2D eigenvalue weighted by Gasteiger charge is -2.15. The highest BCUT2D eigenvalue weighted by Gasteiger charge is 2.16. The van der Waals surface area contributed by atoms with E-state index in [1.165, 1.54) is 0 Å². The minimum Gasteiger partial charge on any atom is -0.485 e. The number of aryl methyl sites for hydroxylation is 1. The van der Waals surface area contributed by atoms with Crippen molar-refractivity contribution in [2.75, 3.05) is 0 Å². The Morgan fingerprint density at radius 2 is 1.81 bits per heavy atom. The number of fused-ring (bicyclic) bond motifs is 1. The zero-order valence-corrected chi connectivity index (χ0v) is 18.7. The van der Waals surface area contributed by atoms with E-state index in [9.17, 15) is 4.79 Å². The molecule has 0 spiro atoms. The number of Topliss-reactive ketones (excluding diaryl/α,β-unsaturated/α-hetero) is 1. The SMILES string of the molecule is Cc1ccc(C(C)C)c(OCc2nc3ccccc3n2CC(=O)c2ccc(Cl)cc2)c1. The molecule has 3 aromatic carbocycles. The highest BCUT2D eigenvalue weighted by atomic mass is 35.5. The molecule has 0 aliphatic heterocycles. The maximum absolute atomic E-state index is 12.9. The van der Waals surface area contributed by atoms with Crippen LogP contribution in [0, 0.1) is 6.92 Å². The normalized spacial score (nSPS) is 11.3. The van der Waals surface area contributed by atoms with Crippen LogP contribution in [0.2, 0.25) is 5.02 Å². The van der Waals surface area contributed by atoms with Crippen LogP contribution < -0.4 is 4.74 Å². The van der Waals surface area contributed by atoms with Gasteiger partial charge in [0, 0.05) is 10.6 Å². The molecule has 4 nitrogen and oxygen atoms in total. The van der Waals surface area contributed by atoms with E-state index in [2.05, 4.69) is 39.0 Å². The molecule has 4 rings (SSSR count). The van der Waals surface area contributed by atoms with Gasteiger partial charge in [0.15, 0.2) is 5.78 Å². The van der Waals surface area contributed by atoms with Crippen LogP contribution in [0.1, 0.15) is 47.1 Å². The van der Waals surface area contributed by atoms with Crippen LogP contribution >= 0.6 is 11.6 Å². The first-order valence-corrected chi connectivity index (χ1v) is 10.8. The predicted molar refractivity (Wildman–Crippen MR) is 125 cm³/mol. The van der Waals surface area contributed by atoms with Gasteiger partial charge in [0.05, 0.1) is 17.6 Å². The van der Waals surface area contributed by atoms with Gasteiger partial charge < -0.3 is 9.30 Å². The van der Waals surface area contributed by atoms with Crippen LogP contribution in [0.15, 0.2) is 66.7 Å². The van der Waals surface area contributed by atoms with Gasteiger partial charge in [0.1, 0.15) is 18.2 Å². The van der Waals surface area contributed by atoms with E-state index in [1.54, 1.807) is 24.3 Å². The van der Waals surface area contributed by atoms with Gasteiger partial charge in [-0.2, -0.15) is 0 Å². The molecule has 31 heavy (non-hydrogen) atoms. The number of halogens is 1. The Hall–Kier alpha value is -3.11. The summed E-state index contributed by atoms with van der Waals surface area (Å²) in [6.07, 6.45) is 0. The van der Waals surface area contributed by atoms with Crippen molar-refractivity contribution >= 4 is 28.4 Å². The number of carbonyl (C=O) groups excluding carboxylic acids is 1. The van der Waals surface area contributed by atoms with Crippen LogP contribution in [0.3, 0.4) is 0 Å². The van der Waals surface area contributed by atoms with E-state index in [0.29, 0.717) is 16.5 Å². The van der Waals surface area contributed by atoms with Crippen LogP contribution in [-0.2, 0) is 13.2 Å². The van der Waals surface area contributed by atoms with Crippen molar-refractivity contribution in [1.29, 1.82) is 0 Å². The first-order chi connectivity index (χ1) is 14.9. The Morgan fingerprint density at radius 1 is 1.06 bits per heavy atom. The van der Waals surface area contributed by atoms with Crippen molar-refractivity contribution in [2.24, 2.45) is 0 Å². The number of ether oxygens (including phenoxy) is 1. The molecular weight excluding hydrogens is 408 g/mol. The Balaban J connectivity index is 1.65. The third-order valence-corrected chi connectivity index (χ3v) is 5.60. The summed E-state index contributed by atoms with van der Waals surface area (Å²) in [6.45, 7) is 6.82. The summed E-state index contributed by atoms with van der Waals surface area (Å²) in [5, 5.41) is 0.609. The number of aromatic nitrogens is 2. The van der Waals surface area contributed by atoms with Gasteiger partial charge in [-0.1, -0.05) is 49.7 Å². The number of rotatable bonds is 7. The molecule has 0 amide bonds. The van der Waals surface area contributed by atoms with E-state index in [4.69, 9.17) is 21.3 Å². The molecule has 0 atom stereocenters. The maximum Gasteiger partial charge on any atom is 0.182 e. The average molecular weight is 433 g/mol. The lowest BCUT2D eigenvalue weighted by Crippen LogP contribution is -2.15. The van der Waals surface area contributed by atoms with Crippen molar-refractivity contribution in [2.45, 2.75) is 39.8 Å². The second-order valence-electron chi connectivity index (χ2n) is 8.02. The smallest absolute Gasteiger partial charge is 0.182 e. The number of ketones is 1. The quantitative estimate of drug-likeness (QED) is 0.309. The Morgan fingerprint density at radius 3 is 2.55 bits per heavy atom. The molecule has 0 fully saturated rings. The van der Waals surface area contributed by atoms with Gasteiger partial charge in [-0.15, -0.1) is 0 Å². The molecule has 0 N–H and O–H groups in total. The molecule has 0 aliphatic rings. The lowest BCUT2D eigenvalue weighted by atomic mass is 10.0. The minimum absolute atomic E-state index is 0.000468. The molecule has 0 saturated carbocycles. The standard InChI is InChI=1S/C26H25ClN2O2/c1-17(2)21-13-8-18(3)14-25(21)31-16-26-28-22-6-4-5-7-23(22)29(26)15-24(30)19-9-11-20(27)12-10-19/h4-14,17H,15-16H2,1-3H3. The number of carbonyl (C=O) groups is 1. The summed E-state index contributed by atoms with van der Waals surface area (Å²) >= 11 is 5.96. The molecule has 1 aromatic heterocycles. The van der Waals surface area contributed by atoms with Crippen LogP contribution in [-0.4, -0.2) is 15.3 Å². The van der Waals surface area contributed by atoms with Crippen LogP contribution in [0.25, 0.3) is 11.0 Å². The fraction of sp³-hybridized carbons (Fsp3) is 0.231. The molecule has 1 heterocycles. The number of hydrogen-bond donors (Lipinski definition) is 0. The topological polar surface area (TPSA) is 44.1 Å². The van der Waals surface area contributed by atoms with Crippen molar-refractivity contribution < 1.29 is 9.53 Å². The summed E-state index contributed by atoms with van der Waals surface area (Å²) in [7, 11) is 0. The zero-order valence-electron chi connectivity index (χ0n) is 17.9. The van der Waals surface area contributed by atoms with Gasteiger partial charge in [0.2, 0.25) is 0 Å². The average Bonchev–Trinajstić information content (AvgIpc) is 3.10. The molecule has 0 saturated heterocycles. The summed E-state index contributed by atoms with van der Waals surface area (Å²) in [6, 6.07) is 21.1. The van der Waals surface area contributed by atoms with E-state index < -0.39 is 0 Å². The van der Waals surface area contributed by atoms with Crippen molar-refractivity contribution in [3.63, 3.8) is 0 Å². The van der Waals surface area contributed by atoms with Gasteiger partial charge in [-0.25, -0.2) is 4.98 Å². The van der Waals surface area contributed by atoms with Crippen LogP contribution in [0.4, 0.5) is 0 Å². The predicted octanol–water partition coefficient (Wildman–Crippen LogP) is 6.58. The molecule has 4 aromatic rings. The fourth-order valence-corrected chi connectivity index (χ4v) is 3.79.